The van der Waals surface area contributed by atoms with E-state index in [4.69, 9.17) is 9.47 Å². The second kappa shape index (κ2) is 11.4. The normalized spacial score (nSPS) is 10.9. The molecule has 6 nitrogen and oxygen atoms in total. The van der Waals surface area contributed by atoms with E-state index in [-0.39, 0.29) is 12.5 Å². The monoisotopic (exact) mass is 508 g/mol. The van der Waals surface area contributed by atoms with Crippen LogP contribution in [0.25, 0.3) is 0 Å². The van der Waals surface area contributed by atoms with Crippen molar-refractivity contribution in [1.29, 1.82) is 0 Å². The molecule has 0 saturated heterocycles. The van der Waals surface area contributed by atoms with Gasteiger partial charge in [0.25, 0.3) is 5.91 Å². The summed E-state index contributed by atoms with van der Waals surface area (Å²) in [5, 5.41) is 3.95. The molecule has 0 radical (unpaired) electrons. The van der Waals surface area contributed by atoms with Gasteiger partial charge in [-0.3, -0.25) is 4.79 Å². The highest BCUT2D eigenvalue weighted by Crippen LogP contribution is 2.24. The summed E-state index contributed by atoms with van der Waals surface area (Å²) in [6.07, 6.45) is 1.50. The molecule has 3 aromatic carbocycles. The maximum absolute atomic E-state index is 12.3. The first kappa shape index (κ1) is 24.2. The van der Waals surface area contributed by atoms with Gasteiger partial charge in [-0.15, -0.1) is 0 Å². The van der Waals surface area contributed by atoms with E-state index < -0.39 is 5.97 Å². The molecule has 7 heteroatoms. The van der Waals surface area contributed by atoms with Gasteiger partial charge in [-0.05, 0) is 87.9 Å². The Morgan fingerprint density at radius 1 is 1.06 bits per heavy atom. The van der Waals surface area contributed by atoms with Crippen LogP contribution in [-0.2, 0) is 4.79 Å². The number of aryl methyl sites for hydroxylation is 1. The van der Waals surface area contributed by atoms with Gasteiger partial charge in [0, 0.05) is 4.47 Å². The zero-order valence-corrected chi connectivity index (χ0v) is 20.3. The molecule has 0 aromatic heterocycles. The van der Waals surface area contributed by atoms with Gasteiger partial charge in [0.15, 0.2) is 6.61 Å². The number of benzene rings is 3. The predicted molar refractivity (Wildman–Crippen MR) is 132 cm³/mol. The number of nitrogens with one attached hydrogen (secondary N) is 1. The van der Waals surface area contributed by atoms with Crippen molar-refractivity contribution in [1.82, 2.24) is 5.43 Å². The van der Waals surface area contributed by atoms with Crippen molar-refractivity contribution < 1.29 is 19.1 Å². The number of esters is 1. The predicted octanol–water partition coefficient (Wildman–Crippen LogP) is 5.63. The number of carbonyl (C=O) groups excluding carboxylic acids is 2. The van der Waals surface area contributed by atoms with E-state index in [1.165, 1.54) is 6.21 Å². The van der Waals surface area contributed by atoms with E-state index in [0.717, 1.165) is 16.7 Å². The fourth-order valence-electron chi connectivity index (χ4n) is 2.90. The van der Waals surface area contributed by atoms with Crippen molar-refractivity contribution >= 4 is 34.0 Å². The SMILES string of the molecule is Cc1ccc(C(C)C)cc1OCC(=O)N/N=C/c1ccc(OC(=O)c2ccccc2Br)cc1. The highest BCUT2D eigenvalue weighted by Gasteiger charge is 2.12. The molecule has 1 N–H and O–H groups in total. The Kier molecular flexibility index (Phi) is 8.38. The topological polar surface area (TPSA) is 77.0 Å². The summed E-state index contributed by atoms with van der Waals surface area (Å²) < 4.78 is 11.7. The molecule has 0 aliphatic rings. The Bertz CT molecular complexity index is 1160. The molecule has 3 aromatic rings. The first-order valence-corrected chi connectivity index (χ1v) is 11.2. The summed E-state index contributed by atoms with van der Waals surface area (Å²) in [6, 6.07) is 19.8. The average molecular weight is 509 g/mol. The number of hydrogen-bond donors (Lipinski definition) is 1. The van der Waals surface area contributed by atoms with Crippen molar-refractivity contribution in [3.8, 4) is 11.5 Å². The van der Waals surface area contributed by atoms with Crippen molar-refractivity contribution in [3.63, 3.8) is 0 Å². The van der Waals surface area contributed by atoms with Crippen LogP contribution >= 0.6 is 15.9 Å². The van der Waals surface area contributed by atoms with Gasteiger partial charge in [0.2, 0.25) is 0 Å². The molecule has 0 atom stereocenters. The van der Waals surface area contributed by atoms with Crippen LogP contribution in [0.3, 0.4) is 0 Å². The van der Waals surface area contributed by atoms with Gasteiger partial charge in [0.1, 0.15) is 11.5 Å². The van der Waals surface area contributed by atoms with Crippen LogP contribution in [0.5, 0.6) is 11.5 Å². The molecule has 33 heavy (non-hydrogen) atoms. The standard InChI is InChI=1S/C26H25BrN2O4/c1-17(2)20-11-8-18(3)24(14-20)32-16-25(30)29-28-15-19-9-12-21(13-10-19)33-26(31)22-6-4-5-7-23(22)27/h4-15,17H,16H2,1-3H3,(H,29,30)/b28-15+. The third-order valence-electron chi connectivity index (χ3n) is 4.82. The fraction of sp³-hybridized carbons (Fsp3) is 0.192. The van der Waals surface area contributed by atoms with Gasteiger partial charge in [-0.2, -0.15) is 5.10 Å². The van der Waals surface area contributed by atoms with Crippen molar-refractivity contribution in [2.75, 3.05) is 6.61 Å². The summed E-state index contributed by atoms with van der Waals surface area (Å²) in [5.41, 5.74) is 5.75. The van der Waals surface area contributed by atoms with E-state index in [2.05, 4.69) is 46.4 Å². The first-order chi connectivity index (χ1) is 15.8. The number of ether oxygens (including phenoxy) is 2. The highest BCUT2D eigenvalue weighted by molar-refractivity contribution is 9.10. The number of halogens is 1. The third kappa shape index (κ3) is 7.02. The van der Waals surface area contributed by atoms with Crippen LogP contribution in [0.4, 0.5) is 0 Å². The number of amides is 1. The van der Waals surface area contributed by atoms with E-state index in [1.54, 1.807) is 42.5 Å². The molecular weight excluding hydrogens is 484 g/mol. The summed E-state index contributed by atoms with van der Waals surface area (Å²) in [7, 11) is 0. The second-order valence-electron chi connectivity index (χ2n) is 7.70. The van der Waals surface area contributed by atoms with Crippen LogP contribution < -0.4 is 14.9 Å². The third-order valence-corrected chi connectivity index (χ3v) is 5.52. The smallest absolute Gasteiger partial charge is 0.344 e. The van der Waals surface area contributed by atoms with E-state index >= 15 is 0 Å². The second-order valence-corrected chi connectivity index (χ2v) is 8.55. The molecular formula is C26H25BrN2O4. The van der Waals surface area contributed by atoms with Gasteiger partial charge in [-0.25, -0.2) is 10.2 Å². The van der Waals surface area contributed by atoms with Gasteiger partial charge in [-0.1, -0.05) is 38.1 Å². The Hall–Kier alpha value is -3.45. The molecule has 0 saturated carbocycles. The molecule has 1 amide bonds. The zero-order valence-electron chi connectivity index (χ0n) is 18.7. The van der Waals surface area contributed by atoms with E-state index in [0.29, 0.717) is 27.5 Å². The molecule has 0 fully saturated rings. The number of hydrazone groups is 1. The summed E-state index contributed by atoms with van der Waals surface area (Å²) in [4.78, 5) is 24.3. The Labute approximate surface area is 201 Å². The molecule has 0 heterocycles. The highest BCUT2D eigenvalue weighted by atomic mass is 79.9. The summed E-state index contributed by atoms with van der Waals surface area (Å²) in [5.74, 6) is 0.656. The van der Waals surface area contributed by atoms with E-state index in [9.17, 15) is 9.59 Å². The Morgan fingerprint density at radius 2 is 1.79 bits per heavy atom. The lowest BCUT2D eigenvalue weighted by Crippen LogP contribution is -2.24. The van der Waals surface area contributed by atoms with Crippen molar-refractivity contribution in [2.45, 2.75) is 26.7 Å². The maximum Gasteiger partial charge on any atom is 0.344 e. The number of rotatable bonds is 8. The van der Waals surface area contributed by atoms with Gasteiger partial charge in [0.05, 0.1) is 11.8 Å². The molecule has 0 bridgehead atoms. The fourth-order valence-corrected chi connectivity index (χ4v) is 3.34. The lowest BCUT2D eigenvalue weighted by Gasteiger charge is -2.12. The largest absolute Gasteiger partial charge is 0.483 e. The van der Waals surface area contributed by atoms with Gasteiger partial charge < -0.3 is 9.47 Å². The minimum Gasteiger partial charge on any atom is -0.483 e. The van der Waals surface area contributed by atoms with Crippen LogP contribution in [-0.4, -0.2) is 24.7 Å². The van der Waals surface area contributed by atoms with Crippen LogP contribution in [0.1, 0.15) is 46.8 Å². The number of nitrogens with zero attached hydrogens (tertiary/aromatic N) is 1. The average Bonchev–Trinajstić information content (AvgIpc) is 2.79. The zero-order chi connectivity index (χ0) is 23.8. The number of carbonyl (C=O) groups is 2. The maximum atomic E-state index is 12.3. The van der Waals surface area contributed by atoms with E-state index in [1.807, 2.05) is 25.1 Å². The molecule has 170 valence electrons. The molecule has 0 aliphatic carbocycles. The summed E-state index contributed by atoms with van der Waals surface area (Å²) >= 11 is 3.34. The van der Waals surface area contributed by atoms with Crippen molar-refractivity contribution in [3.05, 3.63) is 93.5 Å². The van der Waals surface area contributed by atoms with Gasteiger partial charge >= 0.3 is 5.97 Å². The quantitative estimate of drug-likeness (QED) is 0.185. The molecule has 0 unspecified atom stereocenters. The number of hydrogen-bond acceptors (Lipinski definition) is 5. The first-order valence-electron chi connectivity index (χ1n) is 10.5. The molecule has 0 spiro atoms. The minimum atomic E-state index is -0.453. The summed E-state index contributed by atoms with van der Waals surface area (Å²) in [6.45, 7) is 6.02. The Morgan fingerprint density at radius 3 is 2.48 bits per heavy atom. The lowest BCUT2D eigenvalue weighted by molar-refractivity contribution is -0.123. The van der Waals surface area contributed by atoms with Crippen LogP contribution in [0.2, 0.25) is 0 Å². The molecule has 3 rings (SSSR count). The lowest BCUT2D eigenvalue weighted by atomic mass is 10.0. The molecule has 0 aliphatic heterocycles. The van der Waals surface area contributed by atoms with Crippen LogP contribution in [0, 0.1) is 6.92 Å². The van der Waals surface area contributed by atoms with Crippen molar-refractivity contribution in [2.24, 2.45) is 5.10 Å². The van der Waals surface area contributed by atoms with Crippen LogP contribution in [0.15, 0.2) is 76.3 Å². The minimum absolute atomic E-state index is 0.135. The Balaban J connectivity index is 1.49.